The van der Waals surface area contributed by atoms with Gasteiger partial charge in [-0.1, -0.05) is 24.3 Å². The Labute approximate surface area is 154 Å². The number of nitrogen functional groups attached to an aromatic ring is 1. The number of aromatic nitrogens is 4. The van der Waals surface area contributed by atoms with Crippen LogP contribution in [0.25, 0.3) is 12.2 Å². The molecule has 136 valence electrons. The zero-order valence-electron chi connectivity index (χ0n) is 14.5. The maximum absolute atomic E-state index is 12.3. The highest BCUT2D eigenvalue weighted by Crippen LogP contribution is 2.13. The van der Waals surface area contributed by atoms with Gasteiger partial charge in [-0.15, -0.1) is 10.2 Å². The molecule has 0 unspecified atom stereocenters. The Morgan fingerprint density at radius 1 is 1.15 bits per heavy atom. The lowest BCUT2D eigenvalue weighted by atomic mass is 10.2. The number of rotatable bonds is 6. The Morgan fingerprint density at radius 3 is 2.67 bits per heavy atom. The third-order valence-electron chi connectivity index (χ3n) is 3.52. The number of benzene rings is 1. The van der Waals surface area contributed by atoms with E-state index in [4.69, 9.17) is 10.6 Å². The minimum atomic E-state index is -0.509. The monoisotopic (exact) mass is 363 g/mol. The van der Waals surface area contributed by atoms with E-state index in [0.29, 0.717) is 5.69 Å². The van der Waals surface area contributed by atoms with E-state index < -0.39 is 5.56 Å². The van der Waals surface area contributed by atoms with E-state index in [2.05, 4.69) is 25.7 Å². The molecule has 0 radical (unpaired) electrons. The van der Waals surface area contributed by atoms with Crippen molar-refractivity contribution in [3.05, 3.63) is 76.0 Å². The summed E-state index contributed by atoms with van der Waals surface area (Å²) in [6.07, 6.45) is 6.40. The van der Waals surface area contributed by atoms with Crippen LogP contribution in [0.2, 0.25) is 0 Å². The summed E-state index contributed by atoms with van der Waals surface area (Å²) in [6, 6.07) is 12.7. The number of hydrazone groups is 1. The van der Waals surface area contributed by atoms with Crippen LogP contribution in [0.15, 0.2) is 58.6 Å². The molecule has 0 fully saturated rings. The zero-order chi connectivity index (χ0) is 19.1. The first kappa shape index (κ1) is 17.8. The minimum Gasteiger partial charge on any atom is -0.497 e. The number of ether oxygens (including phenoxy) is 1. The van der Waals surface area contributed by atoms with Crippen LogP contribution in [0.3, 0.4) is 0 Å². The predicted molar refractivity (Wildman–Crippen MR) is 104 cm³/mol. The van der Waals surface area contributed by atoms with E-state index in [1.807, 2.05) is 30.3 Å². The molecule has 0 aliphatic carbocycles. The Morgan fingerprint density at radius 2 is 1.96 bits per heavy atom. The quantitative estimate of drug-likeness (QED) is 0.385. The van der Waals surface area contributed by atoms with Gasteiger partial charge in [-0.05, 0) is 35.9 Å². The first-order chi connectivity index (χ1) is 13.2. The third kappa shape index (κ3) is 4.54. The maximum atomic E-state index is 12.3. The van der Waals surface area contributed by atoms with Crippen molar-refractivity contribution >= 4 is 24.3 Å². The second kappa shape index (κ2) is 8.39. The highest BCUT2D eigenvalue weighted by molar-refractivity contribution is 5.77. The van der Waals surface area contributed by atoms with Crippen molar-refractivity contribution in [3.63, 3.8) is 0 Å². The van der Waals surface area contributed by atoms with Gasteiger partial charge >= 0.3 is 0 Å². The largest absolute Gasteiger partial charge is 0.497 e. The van der Waals surface area contributed by atoms with Gasteiger partial charge in [-0.2, -0.15) is 9.78 Å². The Bertz CT molecular complexity index is 1010. The van der Waals surface area contributed by atoms with Gasteiger partial charge in [0.15, 0.2) is 5.69 Å². The molecule has 0 spiro atoms. The van der Waals surface area contributed by atoms with Crippen LogP contribution in [-0.2, 0) is 0 Å². The van der Waals surface area contributed by atoms with Gasteiger partial charge in [0.2, 0.25) is 0 Å². The molecule has 9 heteroatoms. The van der Waals surface area contributed by atoms with Gasteiger partial charge in [0, 0.05) is 6.20 Å². The topological polar surface area (TPSA) is 120 Å². The fourth-order valence-corrected chi connectivity index (χ4v) is 2.09. The van der Waals surface area contributed by atoms with Crippen molar-refractivity contribution in [1.82, 2.24) is 19.9 Å². The molecular weight excluding hydrogens is 346 g/mol. The normalized spacial score (nSPS) is 11.1. The summed E-state index contributed by atoms with van der Waals surface area (Å²) in [5.74, 6) is 6.53. The van der Waals surface area contributed by atoms with Gasteiger partial charge in [0.05, 0.1) is 19.0 Å². The number of pyridine rings is 1. The molecule has 3 rings (SSSR count). The van der Waals surface area contributed by atoms with Gasteiger partial charge < -0.3 is 10.6 Å². The summed E-state index contributed by atoms with van der Waals surface area (Å²) < 4.78 is 5.95. The molecule has 3 aromatic rings. The van der Waals surface area contributed by atoms with E-state index in [1.54, 1.807) is 37.6 Å². The fraction of sp³-hybridized carbons (Fsp3) is 0.0556. The van der Waals surface area contributed by atoms with E-state index in [-0.39, 0.29) is 11.6 Å². The number of hydrogen-bond acceptors (Lipinski definition) is 8. The fourth-order valence-electron chi connectivity index (χ4n) is 2.09. The van der Waals surface area contributed by atoms with Crippen LogP contribution >= 0.6 is 0 Å². The molecule has 1 aromatic carbocycles. The highest BCUT2D eigenvalue weighted by atomic mass is 16.5. The number of nitrogens with one attached hydrogen (secondary N) is 1. The van der Waals surface area contributed by atoms with E-state index >= 15 is 0 Å². The van der Waals surface area contributed by atoms with Crippen LogP contribution in [0, 0.1) is 0 Å². The summed E-state index contributed by atoms with van der Waals surface area (Å²) in [4.78, 5) is 16.4. The van der Waals surface area contributed by atoms with Crippen LogP contribution < -0.4 is 21.6 Å². The first-order valence-corrected chi connectivity index (χ1v) is 7.94. The second-order valence-electron chi connectivity index (χ2n) is 5.32. The molecule has 0 saturated heterocycles. The van der Waals surface area contributed by atoms with Crippen molar-refractivity contribution in [2.75, 3.05) is 18.4 Å². The molecule has 3 N–H and O–H groups in total. The van der Waals surface area contributed by atoms with Crippen molar-refractivity contribution in [2.24, 2.45) is 5.10 Å². The molecular formula is C18H17N7O2. The lowest BCUT2D eigenvalue weighted by Gasteiger charge is -2.05. The second-order valence-corrected chi connectivity index (χ2v) is 5.32. The molecule has 9 nitrogen and oxygen atoms in total. The molecule has 0 amide bonds. The highest BCUT2D eigenvalue weighted by Gasteiger charge is 2.07. The lowest BCUT2D eigenvalue weighted by molar-refractivity contribution is 0.415. The van der Waals surface area contributed by atoms with Crippen molar-refractivity contribution in [3.8, 4) is 5.75 Å². The molecule has 0 aliphatic rings. The van der Waals surface area contributed by atoms with Gasteiger partial charge in [0.25, 0.3) is 11.5 Å². The molecule has 0 atom stereocenters. The average molecular weight is 363 g/mol. The average Bonchev–Trinajstić information content (AvgIpc) is 2.72. The Hall–Kier alpha value is -4.01. The van der Waals surface area contributed by atoms with Gasteiger partial charge in [0.1, 0.15) is 5.75 Å². The van der Waals surface area contributed by atoms with Crippen LogP contribution in [0.4, 0.5) is 5.95 Å². The summed E-state index contributed by atoms with van der Waals surface area (Å²) in [5.41, 5.74) is 3.69. The molecule has 0 bridgehead atoms. The van der Waals surface area contributed by atoms with E-state index in [0.717, 1.165) is 16.0 Å². The van der Waals surface area contributed by atoms with E-state index in [1.165, 1.54) is 6.21 Å². The Balaban J connectivity index is 1.73. The molecule has 0 aliphatic heterocycles. The standard InChI is InChI=1S/C18H17N7O2/c1-27-15-8-5-13(6-9-15)7-10-16-17(26)25(19)18(24-22-16)23-21-12-14-4-2-3-11-20-14/h2-12H,19H2,1H3,(H,23,24)/b10-7+,21-12+. The molecule has 0 saturated carbocycles. The summed E-state index contributed by atoms with van der Waals surface area (Å²) >= 11 is 0. The number of methoxy groups -OCH3 is 1. The number of nitrogens with two attached hydrogens (primary N) is 1. The van der Waals surface area contributed by atoms with Crippen molar-refractivity contribution < 1.29 is 4.74 Å². The molecule has 2 heterocycles. The van der Waals surface area contributed by atoms with Crippen LogP contribution in [0.1, 0.15) is 17.0 Å². The third-order valence-corrected chi connectivity index (χ3v) is 3.52. The van der Waals surface area contributed by atoms with Crippen molar-refractivity contribution in [1.29, 1.82) is 0 Å². The van der Waals surface area contributed by atoms with Crippen molar-refractivity contribution in [2.45, 2.75) is 0 Å². The first-order valence-electron chi connectivity index (χ1n) is 7.94. The molecule has 27 heavy (non-hydrogen) atoms. The number of hydrogen-bond donors (Lipinski definition) is 2. The predicted octanol–water partition coefficient (Wildman–Crippen LogP) is 1.37. The van der Waals surface area contributed by atoms with Gasteiger partial charge in [-0.25, -0.2) is 5.43 Å². The number of nitrogens with zero attached hydrogens (tertiary/aromatic N) is 5. The Kier molecular flexibility index (Phi) is 5.53. The van der Waals surface area contributed by atoms with Crippen LogP contribution in [-0.4, -0.2) is 33.2 Å². The summed E-state index contributed by atoms with van der Waals surface area (Å²) in [6.45, 7) is 0. The summed E-state index contributed by atoms with van der Waals surface area (Å²) in [5, 5.41) is 11.7. The lowest BCUT2D eigenvalue weighted by Crippen LogP contribution is -2.32. The number of anilines is 1. The minimum absolute atomic E-state index is 0.00813. The zero-order valence-corrected chi connectivity index (χ0v) is 14.5. The maximum Gasteiger partial charge on any atom is 0.299 e. The van der Waals surface area contributed by atoms with Crippen LogP contribution in [0.5, 0.6) is 5.75 Å². The van der Waals surface area contributed by atoms with E-state index in [9.17, 15) is 4.79 Å². The smallest absolute Gasteiger partial charge is 0.299 e. The molecule has 2 aromatic heterocycles. The SMILES string of the molecule is COc1ccc(/C=C/c2nnc(N/N=C/c3ccccn3)n(N)c2=O)cc1. The van der Waals surface area contributed by atoms with Gasteiger partial charge in [-0.3, -0.25) is 9.78 Å². The summed E-state index contributed by atoms with van der Waals surface area (Å²) in [7, 11) is 1.60.